The first-order chi connectivity index (χ1) is 28.7. The number of aromatic amines is 1. The number of hydrogen-bond acceptors (Lipinski definition) is 6. The van der Waals surface area contributed by atoms with Crippen LogP contribution in [0.4, 0.5) is 0 Å². The van der Waals surface area contributed by atoms with Crippen molar-refractivity contribution in [3.63, 3.8) is 0 Å². The smallest absolute Gasteiger partial charge is 0.256 e. The molecule has 58 heavy (non-hydrogen) atoms. The molecule has 0 aliphatic carbocycles. The Balaban J connectivity index is 0.971. The second kappa shape index (κ2) is 15.2. The Bertz CT molecular complexity index is 2910. The molecule has 0 bridgehead atoms. The van der Waals surface area contributed by atoms with E-state index in [1.165, 1.54) is 0 Å². The zero-order valence-electron chi connectivity index (χ0n) is 31.2. The van der Waals surface area contributed by atoms with Gasteiger partial charge in [-0.2, -0.15) is 0 Å². The van der Waals surface area contributed by atoms with Crippen LogP contribution in [-0.2, 0) is 0 Å². The highest BCUT2D eigenvalue weighted by atomic mass is 15.0. The number of fused-ring (bicyclic) bond motifs is 1. The van der Waals surface area contributed by atoms with E-state index in [4.69, 9.17) is 29.9 Å². The fraction of sp³-hybridized carbons (Fsp3) is 0. The molecule has 0 unspecified atom stereocenters. The fourth-order valence-corrected chi connectivity index (χ4v) is 7.06. The second-order valence-electron chi connectivity index (χ2n) is 13.9. The number of benzene rings is 7. The van der Waals surface area contributed by atoms with Gasteiger partial charge in [-0.15, -0.1) is 0 Å². The van der Waals surface area contributed by atoms with E-state index in [0.717, 1.165) is 78.2 Å². The van der Waals surface area contributed by atoms with Crippen LogP contribution >= 0.6 is 0 Å². The molecule has 0 saturated carbocycles. The lowest BCUT2D eigenvalue weighted by atomic mass is 9.99. The fourth-order valence-electron chi connectivity index (χ4n) is 7.06. The van der Waals surface area contributed by atoms with Crippen molar-refractivity contribution >= 4 is 10.9 Å². The van der Waals surface area contributed by atoms with Crippen molar-refractivity contribution in [2.45, 2.75) is 0 Å². The van der Waals surface area contributed by atoms with Gasteiger partial charge in [-0.1, -0.05) is 143 Å². The SMILES string of the molecule is c1ccc(-c2nc(-c3ccccc3)nc(-c3cccc(-c4cnc5ccc(-c6ccc(-c7nc(-c8ccccc8)nc(-c8ccccc8)[nH+]7)cc6)cc5c4)c3)n2)cc1. The summed E-state index contributed by atoms with van der Waals surface area (Å²) in [6, 6.07) is 65.7. The largest absolute Gasteiger partial charge is 0.308 e. The number of nitrogens with zero attached hydrogens (tertiary/aromatic N) is 6. The molecule has 0 fully saturated rings. The van der Waals surface area contributed by atoms with E-state index in [2.05, 4.69) is 77.8 Å². The molecule has 0 radical (unpaired) electrons. The number of hydrogen-bond donors (Lipinski definition) is 0. The average Bonchev–Trinajstić information content (AvgIpc) is 3.32. The van der Waals surface area contributed by atoms with Crippen molar-refractivity contribution in [1.82, 2.24) is 29.9 Å². The van der Waals surface area contributed by atoms with E-state index < -0.39 is 0 Å². The van der Waals surface area contributed by atoms with E-state index in [-0.39, 0.29) is 0 Å². The van der Waals surface area contributed by atoms with Crippen molar-refractivity contribution in [2.24, 2.45) is 0 Å². The Labute approximate surface area is 335 Å². The molecule has 0 amide bonds. The Morgan fingerprint density at radius 1 is 0.276 bits per heavy atom. The topological polar surface area (TPSA) is 91.5 Å². The molecule has 0 aliphatic heterocycles. The molecule has 3 aromatic heterocycles. The molecule has 0 aliphatic rings. The zero-order valence-corrected chi connectivity index (χ0v) is 31.2. The monoisotopic (exact) mass is 744 g/mol. The van der Waals surface area contributed by atoms with Gasteiger partial charge < -0.3 is 0 Å². The van der Waals surface area contributed by atoms with Crippen LogP contribution in [0.3, 0.4) is 0 Å². The summed E-state index contributed by atoms with van der Waals surface area (Å²) >= 11 is 0. The standard InChI is InChI=1S/C51H33N7/c1-5-14-35(15-6-1)46-53-47(36-16-7-2-8-17-36)56-50(55-46)39-26-24-34(25-27-39)41-28-29-45-43(31-41)32-44(33-52-45)40-22-13-23-42(30-40)51-57-48(37-18-9-3-10-19-37)54-49(58-51)38-20-11-4-12-21-38/h1-33H/p+1. The predicted molar refractivity (Wildman–Crippen MR) is 231 cm³/mol. The minimum atomic E-state index is 0.612. The Kier molecular flexibility index (Phi) is 9.06. The van der Waals surface area contributed by atoms with Crippen LogP contribution in [-0.4, -0.2) is 29.9 Å². The number of nitrogens with one attached hydrogen (secondary N) is 1. The zero-order chi connectivity index (χ0) is 38.7. The molecule has 1 N–H and O–H groups in total. The molecule has 7 nitrogen and oxygen atoms in total. The summed E-state index contributed by atoms with van der Waals surface area (Å²) in [7, 11) is 0. The van der Waals surface area contributed by atoms with Crippen molar-refractivity contribution in [1.29, 1.82) is 0 Å². The van der Waals surface area contributed by atoms with Gasteiger partial charge in [-0.3, -0.25) is 4.98 Å². The van der Waals surface area contributed by atoms with Gasteiger partial charge in [-0.25, -0.2) is 19.9 Å². The van der Waals surface area contributed by atoms with Gasteiger partial charge in [0.05, 0.1) is 22.2 Å². The molecule has 10 rings (SSSR count). The Morgan fingerprint density at radius 3 is 1.24 bits per heavy atom. The van der Waals surface area contributed by atoms with Gasteiger partial charge in [0.1, 0.15) is 0 Å². The first-order valence-corrected chi connectivity index (χ1v) is 19.1. The molecule has 0 spiro atoms. The summed E-state index contributed by atoms with van der Waals surface area (Å²) in [6.07, 6.45) is 1.93. The van der Waals surface area contributed by atoms with Gasteiger partial charge in [-0.05, 0) is 77.4 Å². The molecule has 0 saturated heterocycles. The van der Waals surface area contributed by atoms with Crippen LogP contribution < -0.4 is 4.98 Å². The summed E-state index contributed by atoms with van der Waals surface area (Å²) in [6.45, 7) is 0. The summed E-state index contributed by atoms with van der Waals surface area (Å²) in [5, 5.41) is 1.05. The summed E-state index contributed by atoms with van der Waals surface area (Å²) < 4.78 is 0. The predicted octanol–water partition coefficient (Wildman–Crippen LogP) is 11.4. The Hall–Kier alpha value is -8.03. The molecule has 272 valence electrons. The maximum atomic E-state index is 4.96. The van der Waals surface area contributed by atoms with Crippen molar-refractivity contribution in [3.8, 4) is 90.6 Å². The third-order valence-corrected chi connectivity index (χ3v) is 10.1. The Morgan fingerprint density at radius 2 is 0.672 bits per heavy atom. The van der Waals surface area contributed by atoms with Crippen LogP contribution in [0.2, 0.25) is 0 Å². The van der Waals surface area contributed by atoms with Crippen molar-refractivity contribution < 1.29 is 4.98 Å². The quantitative estimate of drug-likeness (QED) is 0.154. The van der Waals surface area contributed by atoms with Gasteiger partial charge in [0.2, 0.25) is 0 Å². The minimum Gasteiger partial charge on any atom is -0.256 e. The van der Waals surface area contributed by atoms with Crippen molar-refractivity contribution in [2.75, 3.05) is 0 Å². The number of aromatic nitrogens is 7. The molecule has 7 aromatic carbocycles. The number of H-pyrrole nitrogens is 1. The van der Waals surface area contributed by atoms with Gasteiger partial charge in [0.15, 0.2) is 17.5 Å². The normalized spacial score (nSPS) is 11.1. The highest BCUT2D eigenvalue weighted by Gasteiger charge is 2.20. The second-order valence-corrected chi connectivity index (χ2v) is 13.9. The van der Waals surface area contributed by atoms with Crippen LogP contribution in [0, 0.1) is 0 Å². The number of pyridine rings is 1. The van der Waals surface area contributed by atoms with Crippen LogP contribution in [0.25, 0.3) is 101 Å². The van der Waals surface area contributed by atoms with E-state index >= 15 is 0 Å². The van der Waals surface area contributed by atoms with E-state index in [9.17, 15) is 0 Å². The maximum Gasteiger partial charge on any atom is 0.308 e. The molecule has 0 atom stereocenters. The van der Waals surface area contributed by atoms with Crippen LogP contribution in [0.1, 0.15) is 0 Å². The lowest BCUT2D eigenvalue weighted by Gasteiger charge is -2.10. The maximum absolute atomic E-state index is 4.96. The van der Waals surface area contributed by atoms with Crippen molar-refractivity contribution in [3.05, 3.63) is 200 Å². The van der Waals surface area contributed by atoms with E-state index in [0.29, 0.717) is 23.3 Å². The molecule has 7 heteroatoms. The third kappa shape index (κ3) is 7.11. The van der Waals surface area contributed by atoms with Gasteiger partial charge in [0.25, 0.3) is 11.6 Å². The molecular formula is C51H34N7+. The summed E-state index contributed by atoms with van der Waals surface area (Å²) in [4.78, 5) is 32.9. The van der Waals surface area contributed by atoms with E-state index in [1.54, 1.807) is 0 Å². The van der Waals surface area contributed by atoms with Gasteiger partial charge >= 0.3 is 5.82 Å². The summed E-state index contributed by atoms with van der Waals surface area (Å²) in [5.41, 5.74) is 10.8. The van der Waals surface area contributed by atoms with Crippen LogP contribution in [0.15, 0.2) is 200 Å². The number of rotatable bonds is 8. The first kappa shape index (κ1) is 34.5. The van der Waals surface area contributed by atoms with Crippen LogP contribution in [0.5, 0.6) is 0 Å². The lowest BCUT2D eigenvalue weighted by Crippen LogP contribution is -2.16. The van der Waals surface area contributed by atoms with Gasteiger partial charge in [0, 0.05) is 33.8 Å². The average molecular weight is 745 g/mol. The molecular weight excluding hydrogens is 711 g/mol. The summed E-state index contributed by atoms with van der Waals surface area (Å²) in [5.74, 6) is 4.06. The highest BCUT2D eigenvalue weighted by molar-refractivity contribution is 5.88. The molecule has 3 heterocycles. The first-order valence-electron chi connectivity index (χ1n) is 19.1. The van der Waals surface area contributed by atoms with E-state index in [1.807, 2.05) is 128 Å². The highest BCUT2D eigenvalue weighted by Crippen LogP contribution is 2.32. The molecule has 10 aromatic rings. The minimum absolute atomic E-state index is 0.612. The lowest BCUT2D eigenvalue weighted by molar-refractivity contribution is -0.359. The third-order valence-electron chi connectivity index (χ3n) is 10.1.